The van der Waals surface area contributed by atoms with Gasteiger partial charge in [-0.2, -0.15) is 5.10 Å². The van der Waals surface area contributed by atoms with E-state index in [-0.39, 0.29) is 0 Å². The molecular weight excluding hydrogens is 262 g/mol. The fourth-order valence-electron chi connectivity index (χ4n) is 2.53. The molecule has 0 unspecified atom stereocenters. The molecule has 108 valence electrons. The molecule has 2 heterocycles. The molecule has 0 saturated heterocycles. The van der Waals surface area contributed by atoms with Gasteiger partial charge in [-0.15, -0.1) is 0 Å². The Hall–Kier alpha value is -2.56. The summed E-state index contributed by atoms with van der Waals surface area (Å²) in [6.45, 7) is 4.74. The number of nitrogens with one attached hydrogen (secondary N) is 1. The second kappa shape index (κ2) is 5.09. The van der Waals surface area contributed by atoms with Gasteiger partial charge in [0.15, 0.2) is 0 Å². The number of hydrogen-bond donors (Lipinski definition) is 2. The SMILES string of the molecule is Cc1cc(NCc2cn(C)nc2C)c2cc(N)ccc2n1. The van der Waals surface area contributed by atoms with E-state index in [4.69, 9.17) is 5.73 Å². The normalized spacial score (nSPS) is 11.0. The number of nitrogens with two attached hydrogens (primary N) is 1. The number of aryl methyl sites for hydroxylation is 3. The Labute approximate surface area is 123 Å². The number of nitrogens with zero attached hydrogens (tertiary/aromatic N) is 3. The summed E-state index contributed by atoms with van der Waals surface area (Å²) < 4.78 is 1.83. The molecule has 0 radical (unpaired) electrons. The highest BCUT2D eigenvalue weighted by molar-refractivity contribution is 5.93. The molecule has 0 bridgehead atoms. The van der Waals surface area contributed by atoms with Crippen LogP contribution in [0.15, 0.2) is 30.5 Å². The average Bonchev–Trinajstić information content (AvgIpc) is 2.75. The molecule has 0 atom stereocenters. The van der Waals surface area contributed by atoms with Gasteiger partial charge in [0.1, 0.15) is 0 Å². The predicted octanol–water partition coefficient (Wildman–Crippen LogP) is 2.78. The first-order valence-electron chi connectivity index (χ1n) is 6.93. The molecule has 2 aromatic heterocycles. The van der Waals surface area contributed by atoms with Crippen LogP contribution in [-0.4, -0.2) is 14.8 Å². The number of anilines is 2. The van der Waals surface area contributed by atoms with Gasteiger partial charge in [0.25, 0.3) is 0 Å². The monoisotopic (exact) mass is 281 g/mol. The summed E-state index contributed by atoms with van der Waals surface area (Å²) in [5.41, 5.74) is 11.9. The number of pyridine rings is 1. The van der Waals surface area contributed by atoms with E-state index in [0.717, 1.165) is 40.2 Å². The molecular formula is C16H19N5. The Morgan fingerprint density at radius 3 is 2.76 bits per heavy atom. The quantitative estimate of drug-likeness (QED) is 0.724. The lowest BCUT2D eigenvalue weighted by Gasteiger charge is -2.11. The second-order valence-corrected chi connectivity index (χ2v) is 5.35. The molecule has 0 aliphatic heterocycles. The fourth-order valence-corrected chi connectivity index (χ4v) is 2.53. The summed E-state index contributed by atoms with van der Waals surface area (Å²) in [4.78, 5) is 4.54. The summed E-state index contributed by atoms with van der Waals surface area (Å²) >= 11 is 0. The molecule has 21 heavy (non-hydrogen) atoms. The average molecular weight is 281 g/mol. The zero-order valence-corrected chi connectivity index (χ0v) is 12.5. The predicted molar refractivity (Wildman–Crippen MR) is 86.2 cm³/mol. The lowest BCUT2D eigenvalue weighted by atomic mass is 10.1. The molecule has 0 fully saturated rings. The van der Waals surface area contributed by atoms with E-state index in [1.807, 2.05) is 56.0 Å². The van der Waals surface area contributed by atoms with Gasteiger partial charge < -0.3 is 11.1 Å². The third-order valence-corrected chi connectivity index (χ3v) is 3.55. The van der Waals surface area contributed by atoms with Crippen molar-refractivity contribution in [1.82, 2.24) is 14.8 Å². The molecule has 0 spiro atoms. The molecule has 5 nitrogen and oxygen atoms in total. The zero-order chi connectivity index (χ0) is 15.0. The zero-order valence-electron chi connectivity index (χ0n) is 12.5. The fraction of sp³-hybridized carbons (Fsp3) is 0.250. The number of aromatic nitrogens is 3. The number of benzene rings is 1. The summed E-state index contributed by atoms with van der Waals surface area (Å²) in [6.07, 6.45) is 2.03. The van der Waals surface area contributed by atoms with Crippen LogP contribution in [0.2, 0.25) is 0 Å². The summed E-state index contributed by atoms with van der Waals surface area (Å²) in [5.74, 6) is 0. The summed E-state index contributed by atoms with van der Waals surface area (Å²) in [7, 11) is 1.93. The molecule has 5 heteroatoms. The standard InChI is InChI=1S/C16H19N5/c1-10-6-16(14-7-13(17)4-5-15(14)19-10)18-8-12-9-21(3)20-11(12)2/h4-7,9H,8,17H2,1-3H3,(H,18,19). The third-order valence-electron chi connectivity index (χ3n) is 3.55. The maximum Gasteiger partial charge on any atom is 0.0727 e. The van der Waals surface area contributed by atoms with Crippen LogP contribution in [0.25, 0.3) is 10.9 Å². The largest absolute Gasteiger partial charge is 0.399 e. The first kappa shape index (κ1) is 13.4. The van der Waals surface area contributed by atoms with E-state index in [9.17, 15) is 0 Å². The second-order valence-electron chi connectivity index (χ2n) is 5.35. The molecule has 0 aliphatic carbocycles. The van der Waals surface area contributed by atoms with Crippen LogP contribution in [0.1, 0.15) is 17.0 Å². The van der Waals surface area contributed by atoms with Crippen molar-refractivity contribution in [3.63, 3.8) is 0 Å². The van der Waals surface area contributed by atoms with Crippen LogP contribution in [0.5, 0.6) is 0 Å². The molecule has 3 N–H and O–H groups in total. The van der Waals surface area contributed by atoms with E-state index in [0.29, 0.717) is 0 Å². The Balaban J connectivity index is 1.96. The van der Waals surface area contributed by atoms with Crippen LogP contribution >= 0.6 is 0 Å². The van der Waals surface area contributed by atoms with E-state index < -0.39 is 0 Å². The molecule has 1 aromatic carbocycles. The van der Waals surface area contributed by atoms with Crippen molar-refractivity contribution >= 4 is 22.3 Å². The molecule has 3 aromatic rings. The first-order valence-corrected chi connectivity index (χ1v) is 6.93. The Morgan fingerprint density at radius 2 is 2.05 bits per heavy atom. The minimum absolute atomic E-state index is 0.729. The van der Waals surface area contributed by atoms with Crippen molar-refractivity contribution in [1.29, 1.82) is 0 Å². The lowest BCUT2D eigenvalue weighted by molar-refractivity contribution is 0.756. The Kier molecular flexibility index (Phi) is 3.25. The van der Waals surface area contributed by atoms with E-state index in [1.54, 1.807) is 0 Å². The van der Waals surface area contributed by atoms with Crippen molar-refractivity contribution in [3.05, 3.63) is 47.4 Å². The highest BCUT2D eigenvalue weighted by atomic mass is 15.2. The highest BCUT2D eigenvalue weighted by Crippen LogP contribution is 2.26. The van der Waals surface area contributed by atoms with Crippen molar-refractivity contribution in [3.8, 4) is 0 Å². The summed E-state index contributed by atoms with van der Waals surface area (Å²) in [6, 6.07) is 7.84. The minimum Gasteiger partial charge on any atom is -0.399 e. The molecule has 0 amide bonds. The number of hydrogen-bond acceptors (Lipinski definition) is 4. The van der Waals surface area contributed by atoms with Crippen molar-refractivity contribution in [2.75, 3.05) is 11.1 Å². The van der Waals surface area contributed by atoms with Crippen molar-refractivity contribution in [2.45, 2.75) is 20.4 Å². The molecule has 0 aliphatic rings. The van der Waals surface area contributed by atoms with Gasteiger partial charge in [-0.1, -0.05) is 0 Å². The minimum atomic E-state index is 0.729. The van der Waals surface area contributed by atoms with E-state index >= 15 is 0 Å². The van der Waals surface area contributed by atoms with Gasteiger partial charge in [0.2, 0.25) is 0 Å². The topological polar surface area (TPSA) is 68.8 Å². The van der Waals surface area contributed by atoms with Crippen molar-refractivity contribution in [2.24, 2.45) is 7.05 Å². The maximum absolute atomic E-state index is 5.90. The maximum atomic E-state index is 5.90. The number of fused-ring (bicyclic) bond motifs is 1. The Bertz CT molecular complexity index is 804. The summed E-state index contributed by atoms with van der Waals surface area (Å²) in [5, 5.41) is 8.88. The van der Waals surface area contributed by atoms with Crippen LogP contribution in [-0.2, 0) is 13.6 Å². The van der Waals surface area contributed by atoms with Crippen LogP contribution in [0.3, 0.4) is 0 Å². The van der Waals surface area contributed by atoms with Gasteiger partial charge in [-0.3, -0.25) is 9.67 Å². The van der Waals surface area contributed by atoms with Gasteiger partial charge in [0, 0.05) is 47.8 Å². The van der Waals surface area contributed by atoms with Crippen molar-refractivity contribution < 1.29 is 0 Å². The van der Waals surface area contributed by atoms with Gasteiger partial charge in [-0.05, 0) is 38.1 Å². The molecule has 3 rings (SSSR count). The highest BCUT2D eigenvalue weighted by Gasteiger charge is 2.07. The smallest absolute Gasteiger partial charge is 0.0727 e. The third kappa shape index (κ3) is 2.67. The van der Waals surface area contributed by atoms with Gasteiger partial charge >= 0.3 is 0 Å². The number of rotatable bonds is 3. The van der Waals surface area contributed by atoms with Crippen LogP contribution in [0.4, 0.5) is 11.4 Å². The lowest BCUT2D eigenvalue weighted by Crippen LogP contribution is -2.02. The Morgan fingerprint density at radius 1 is 1.24 bits per heavy atom. The number of nitrogen functional groups attached to an aromatic ring is 1. The van der Waals surface area contributed by atoms with E-state index in [1.165, 1.54) is 5.56 Å². The van der Waals surface area contributed by atoms with Crippen LogP contribution in [0, 0.1) is 13.8 Å². The first-order chi connectivity index (χ1) is 10.0. The molecule has 0 saturated carbocycles. The van der Waals surface area contributed by atoms with Gasteiger partial charge in [0.05, 0.1) is 11.2 Å². The van der Waals surface area contributed by atoms with Crippen LogP contribution < -0.4 is 11.1 Å². The van der Waals surface area contributed by atoms with E-state index in [2.05, 4.69) is 15.4 Å². The van der Waals surface area contributed by atoms with Gasteiger partial charge in [-0.25, -0.2) is 0 Å².